The van der Waals surface area contributed by atoms with Crippen LogP contribution in [0.15, 0.2) is 0 Å². The largest absolute Gasteiger partial charge is 0.338 e. The molecule has 3 aliphatic carbocycles. The molecule has 0 aromatic rings. The Labute approximate surface area is 122 Å². The molecule has 0 aromatic carbocycles. The quantitative estimate of drug-likeness (QED) is 0.800. The van der Waals surface area contributed by atoms with Gasteiger partial charge in [-0.1, -0.05) is 19.3 Å². The number of rotatable bonds is 1. The molecule has 5 fully saturated rings. The van der Waals surface area contributed by atoms with Crippen LogP contribution in [0.5, 0.6) is 0 Å². The summed E-state index contributed by atoms with van der Waals surface area (Å²) in [7, 11) is 0. The summed E-state index contributed by atoms with van der Waals surface area (Å²) in [6.07, 6.45) is 12.0. The van der Waals surface area contributed by atoms with Crippen LogP contribution in [0.25, 0.3) is 0 Å². The molecule has 2 N–H and O–H groups in total. The van der Waals surface area contributed by atoms with Crippen molar-refractivity contribution in [1.29, 1.82) is 0 Å². The van der Waals surface area contributed by atoms with Crippen LogP contribution in [0.1, 0.15) is 64.2 Å². The highest BCUT2D eigenvalue weighted by molar-refractivity contribution is 5.86. The fourth-order valence-corrected chi connectivity index (χ4v) is 5.72. The molecule has 2 heterocycles. The van der Waals surface area contributed by atoms with Gasteiger partial charge in [0.1, 0.15) is 0 Å². The summed E-state index contributed by atoms with van der Waals surface area (Å²) in [5, 5.41) is 0. The van der Waals surface area contributed by atoms with Gasteiger partial charge in [0, 0.05) is 12.6 Å². The molecule has 5 rings (SSSR count). The van der Waals surface area contributed by atoms with Crippen LogP contribution < -0.4 is 5.73 Å². The number of nitrogens with two attached hydrogens (primary N) is 1. The third-order valence-electron chi connectivity index (χ3n) is 6.54. The first-order valence-electron chi connectivity index (χ1n) is 8.74. The average Bonchev–Trinajstić information content (AvgIpc) is 2.63. The number of hydrogen-bond donors (Lipinski definition) is 1. The number of carbonyl (C=O) groups excluding carboxylic acids is 1. The lowest BCUT2D eigenvalue weighted by molar-refractivity contribution is -0.141. The number of nitrogens with zero attached hydrogens (tertiary/aromatic N) is 1. The molecule has 0 aromatic heterocycles. The predicted molar refractivity (Wildman–Crippen MR) is 79.1 cm³/mol. The van der Waals surface area contributed by atoms with Gasteiger partial charge in [-0.2, -0.15) is 0 Å². The Morgan fingerprint density at radius 3 is 2.15 bits per heavy atom. The van der Waals surface area contributed by atoms with Gasteiger partial charge in [-0.05, 0) is 62.7 Å². The van der Waals surface area contributed by atoms with Crippen molar-refractivity contribution in [3.8, 4) is 0 Å². The second-order valence-electron chi connectivity index (χ2n) is 8.10. The fraction of sp³-hybridized carbons (Fsp3) is 0.941. The van der Waals surface area contributed by atoms with Gasteiger partial charge in [-0.15, -0.1) is 0 Å². The molecule has 2 aliphatic heterocycles. The van der Waals surface area contributed by atoms with E-state index in [0.29, 0.717) is 11.9 Å². The van der Waals surface area contributed by atoms with Gasteiger partial charge >= 0.3 is 0 Å². The maximum Gasteiger partial charge on any atom is 0.242 e. The topological polar surface area (TPSA) is 46.3 Å². The van der Waals surface area contributed by atoms with E-state index in [1.54, 1.807) is 0 Å². The molecule has 3 saturated carbocycles. The van der Waals surface area contributed by atoms with E-state index in [-0.39, 0.29) is 0 Å². The Morgan fingerprint density at radius 2 is 1.50 bits per heavy atom. The van der Waals surface area contributed by atoms with E-state index in [0.717, 1.165) is 50.0 Å². The van der Waals surface area contributed by atoms with Crippen LogP contribution in [0.2, 0.25) is 0 Å². The molecular formula is C17H28N2O. The van der Waals surface area contributed by atoms with Gasteiger partial charge in [0.2, 0.25) is 5.91 Å². The summed E-state index contributed by atoms with van der Waals surface area (Å²) in [5.41, 5.74) is 5.99. The van der Waals surface area contributed by atoms with E-state index in [1.165, 1.54) is 38.5 Å². The van der Waals surface area contributed by atoms with Gasteiger partial charge < -0.3 is 10.6 Å². The van der Waals surface area contributed by atoms with E-state index in [4.69, 9.17) is 5.73 Å². The maximum absolute atomic E-state index is 13.1. The zero-order chi connectivity index (χ0) is 13.7. The molecule has 3 nitrogen and oxygen atoms in total. The van der Waals surface area contributed by atoms with E-state index >= 15 is 0 Å². The zero-order valence-corrected chi connectivity index (χ0v) is 12.5. The summed E-state index contributed by atoms with van der Waals surface area (Å²) in [6.45, 7) is 1.01. The van der Waals surface area contributed by atoms with Crippen molar-refractivity contribution < 1.29 is 4.79 Å². The van der Waals surface area contributed by atoms with Gasteiger partial charge in [0.15, 0.2) is 0 Å². The molecule has 0 radical (unpaired) electrons. The summed E-state index contributed by atoms with van der Waals surface area (Å²) >= 11 is 0. The second-order valence-corrected chi connectivity index (χ2v) is 8.10. The Balaban J connectivity index is 1.57. The molecule has 20 heavy (non-hydrogen) atoms. The van der Waals surface area contributed by atoms with Crippen molar-refractivity contribution in [3.63, 3.8) is 0 Å². The predicted octanol–water partition coefficient (Wildman–Crippen LogP) is 2.69. The molecule has 2 unspecified atom stereocenters. The normalized spacial score (nSPS) is 42.5. The van der Waals surface area contributed by atoms with Crippen molar-refractivity contribution in [3.05, 3.63) is 0 Å². The van der Waals surface area contributed by atoms with Gasteiger partial charge in [0.25, 0.3) is 0 Å². The van der Waals surface area contributed by atoms with Crippen LogP contribution in [0.4, 0.5) is 0 Å². The highest BCUT2D eigenvalue weighted by Gasteiger charge is 2.47. The van der Waals surface area contributed by atoms with E-state index in [2.05, 4.69) is 4.90 Å². The Morgan fingerprint density at radius 1 is 0.900 bits per heavy atom. The average molecular weight is 276 g/mol. The molecule has 2 atom stereocenters. The number of carbonyl (C=O) groups is 1. The monoisotopic (exact) mass is 276 g/mol. The highest BCUT2D eigenvalue weighted by Crippen LogP contribution is 2.48. The number of hydrogen-bond acceptors (Lipinski definition) is 2. The van der Waals surface area contributed by atoms with Crippen molar-refractivity contribution in [2.45, 2.75) is 75.8 Å². The van der Waals surface area contributed by atoms with Gasteiger partial charge in [0.05, 0.1) is 5.54 Å². The summed E-state index contributed by atoms with van der Waals surface area (Å²) in [4.78, 5) is 15.3. The van der Waals surface area contributed by atoms with Crippen molar-refractivity contribution in [2.24, 2.45) is 23.5 Å². The maximum atomic E-state index is 13.1. The molecule has 0 spiro atoms. The highest BCUT2D eigenvalue weighted by atomic mass is 16.2. The standard InChI is InChI=1S/C17H28N2O/c18-17(4-2-1-3-5-17)16(20)19-11-14-7-12-6-13(8-14)10-15(19)9-12/h12-15H,1-11,18H2. The smallest absolute Gasteiger partial charge is 0.242 e. The zero-order valence-electron chi connectivity index (χ0n) is 12.5. The number of amides is 1. The number of fused-ring (bicyclic) bond motifs is 1. The minimum absolute atomic E-state index is 0.301. The summed E-state index contributed by atoms with van der Waals surface area (Å²) in [5.74, 6) is 2.86. The SMILES string of the molecule is NC1(C(=O)N2CC3CC4CC(C3)CC2C4)CCCCC1. The minimum atomic E-state index is -0.528. The van der Waals surface area contributed by atoms with Crippen LogP contribution in [0.3, 0.4) is 0 Å². The first-order valence-corrected chi connectivity index (χ1v) is 8.74. The minimum Gasteiger partial charge on any atom is -0.338 e. The molecule has 3 heteroatoms. The second kappa shape index (κ2) is 4.72. The fourth-order valence-electron chi connectivity index (χ4n) is 5.72. The van der Waals surface area contributed by atoms with Crippen LogP contribution in [-0.2, 0) is 4.79 Å². The lowest BCUT2D eigenvalue weighted by atomic mass is 9.68. The third-order valence-corrected chi connectivity index (χ3v) is 6.54. The van der Waals surface area contributed by atoms with Crippen molar-refractivity contribution in [1.82, 2.24) is 4.90 Å². The van der Waals surface area contributed by atoms with E-state index < -0.39 is 5.54 Å². The third kappa shape index (κ3) is 2.09. The van der Waals surface area contributed by atoms with Crippen LogP contribution >= 0.6 is 0 Å². The van der Waals surface area contributed by atoms with E-state index in [1.807, 2.05) is 0 Å². The molecule has 2 saturated heterocycles. The van der Waals surface area contributed by atoms with Crippen molar-refractivity contribution >= 4 is 5.91 Å². The summed E-state index contributed by atoms with van der Waals surface area (Å²) in [6, 6.07) is 0.515. The Hall–Kier alpha value is -0.570. The molecule has 112 valence electrons. The molecule has 4 bridgehead atoms. The van der Waals surface area contributed by atoms with E-state index in [9.17, 15) is 4.79 Å². The first kappa shape index (κ1) is 13.1. The molecule has 1 amide bonds. The Kier molecular flexibility index (Phi) is 3.10. The lowest BCUT2D eigenvalue weighted by Crippen LogP contribution is -2.59. The lowest BCUT2D eigenvalue weighted by Gasteiger charge is -2.42. The van der Waals surface area contributed by atoms with Gasteiger partial charge in [-0.25, -0.2) is 0 Å². The molecule has 5 aliphatic rings. The van der Waals surface area contributed by atoms with Crippen LogP contribution in [0, 0.1) is 17.8 Å². The first-order chi connectivity index (χ1) is 9.64. The molecular weight excluding hydrogens is 248 g/mol. The Bertz CT molecular complexity index is 388. The van der Waals surface area contributed by atoms with Crippen LogP contribution in [-0.4, -0.2) is 28.9 Å². The van der Waals surface area contributed by atoms with Crippen molar-refractivity contribution in [2.75, 3.05) is 6.54 Å². The van der Waals surface area contributed by atoms with Gasteiger partial charge in [-0.3, -0.25) is 4.79 Å². The summed E-state index contributed by atoms with van der Waals surface area (Å²) < 4.78 is 0.